The molecule has 0 atom stereocenters. The van der Waals surface area contributed by atoms with Crippen LogP contribution in [0.1, 0.15) is 5.82 Å². The zero-order chi connectivity index (χ0) is 19.8. The Hall–Kier alpha value is -2.70. The van der Waals surface area contributed by atoms with E-state index in [1.807, 2.05) is 4.72 Å². The SMILES string of the molecule is COc1nc(C)nc(NC(=O)NS(=O)(=O)c2c(Cl)nc3ccc(Cl)cn23)n1. The lowest BCUT2D eigenvalue weighted by Gasteiger charge is -2.09. The van der Waals surface area contributed by atoms with Gasteiger partial charge in [-0.15, -0.1) is 0 Å². The van der Waals surface area contributed by atoms with Gasteiger partial charge in [-0.05, 0) is 19.1 Å². The number of halogens is 2. The monoisotopic (exact) mass is 431 g/mol. The van der Waals surface area contributed by atoms with E-state index in [1.54, 1.807) is 6.92 Å². The Labute approximate surface area is 162 Å². The standard InChI is InChI=1S/C13H11Cl2N7O4S/c1-6-16-11(20-13(17-6)26-2)19-12(23)21-27(24,25)10-9(15)18-8-4-3-7(14)5-22(8)10/h3-5H,1-2H3,(H2,16,17,19,20,21,23). The highest BCUT2D eigenvalue weighted by atomic mass is 35.5. The fourth-order valence-corrected chi connectivity index (χ4v) is 3.82. The first kappa shape index (κ1) is 19.1. The summed E-state index contributed by atoms with van der Waals surface area (Å²) in [4.78, 5) is 27.5. The first-order valence-corrected chi connectivity index (χ1v) is 9.37. The van der Waals surface area contributed by atoms with Gasteiger partial charge in [0.25, 0.3) is 10.0 Å². The van der Waals surface area contributed by atoms with Gasteiger partial charge >= 0.3 is 12.0 Å². The number of urea groups is 1. The molecule has 0 aliphatic carbocycles. The van der Waals surface area contributed by atoms with E-state index >= 15 is 0 Å². The second-order valence-electron chi connectivity index (χ2n) is 5.04. The van der Waals surface area contributed by atoms with Gasteiger partial charge in [-0.1, -0.05) is 23.2 Å². The zero-order valence-corrected chi connectivity index (χ0v) is 16.1. The molecule has 0 aliphatic rings. The number of amides is 2. The Morgan fingerprint density at radius 2 is 1.93 bits per heavy atom. The van der Waals surface area contributed by atoms with Gasteiger partial charge in [0.1, 0.15) is 11.5 Å². The molecule has 14 heteroatoms. The lowest BCUT2D eigenvalue weighted by molar-refractivity contribution is 0.256. The predicted octanol–water partition coefficient (Wildman–Crippen LogP) is 1.65. The Balaban J connectivity index is 1.89. The lowest BCUT2D eigenvalue weighted by Crippen LogP contribution is -2.35. The molecule has 0 aromatic carbocycles. The van der Waals surface area contributed by atoms with E-state index in [4.69, 9.17) is 27.9 Å². The number of sulfonamides is 1. The molecular weight excluding hydrogens is 421 g/mol. The van der Waals surface area contributed by atoms with Crippen LogP contribution < -0.4 is 14.8 Å². The molecule has 0 saturated carbocycles. The molecule has 0 fully saturated rings. The van der Waals surface area contributed by atoms with Gasteiger partial charge in [0, 0.05) is 6.20 Å². The highest BCUT2D eigenvalue weighted by Crippen LogP contribution is 2.24. The maximum absolute atomic E-state index is 12.6. The van der Waals surface area contributed by atoms with E-state index in [2.05, 4.69) is 25.3 Å². The smallest absolute Gasteiger partial charge is 0.335 e. The minimum absolute atomic E-state index is 0.0415. The summed E-state index contributed by atoms with van der Waals surface area (Å²) < 4.78 is 33.0. The zero-order valence-electron chi connectivity index (χ0n) is 13.8. The van der Waals surface area contributed by atoms with E-state index in [0.717, 1.165) is 4.40 Å². The van der Waals surface area contributed by atoms with Crippen molar-refractivity contribution in [1.82, 2.24) is 29.1 Å². The highest BCUT2D eigenvalue weighted by Gasteiger charge is 2.27. The molecule has 0 radical (unpaired) electrons. The fraction of sp³-hybridized carbons (Fsp3) is 0.154. The number of carbonyl (C=O) groups is 1. The van der Waals surface area contributed by atoms with Crippen LogP contribution in [0.25, 0.3) is 5.65 Å². The molecule has 11 nitrogen and oxygen atoms in total. The molecule has 3 heterocycles. The summed E-state index contributed by atoms with van der Waals surface area (Å²) in [6, 6.07) is 1.84. The van der Waals surface area contributed by atoms with Crippen LogP contribution in [0.2, 0.25) is 10.2 Å². The molecule has 3 rings (SSSR count). The van der Waals surface area contributed by atoms with Crippen molar-refractivity contribution in [3.63, 3.8) is 0 Å². The third-order valence-electron chi connectivity index (χ3n) is 3.12. The normalized spacial score (nSPS) is 11.4. The van der Waals surface area contributed by atoms with Crippen LogP contribution in [-0.4, -0.2) is 45.9 Å². The van der Waals surface area contributed by atoms with Gasteiger partial charge < -0.3 is 4.74 Å². The third kappa shape index (κ3) is 4.02. The van der Waals surface area contributed by atoms with Crippen molar-refractivity contribution in [2.24, 2.45) is 0 Å². The van der Waals surface area contributed by atoms with Gasteiger partial charge in [-0.2, -0.15) is 23.4 Å². The van der Waals surface area contributed by atoms with Crippen LogP contribution >= 0.6 is 23.2 Å². The summed E-state index contributed by atoms with van der Waals surface area (Å²) in [6.45, 7) is 1.55. The quantitative estimate of drug-likeness (QED) is 0.634. The Bertz CT molecular complexity index is 1150. The number of ether oxygens (including phenoxy) is 1. The summed E-state index contributed by atoms with van der Waals surface area (Å²) in [5.74, 6) is 0.0683. The Kier molecular flexibility index (Phi) is 5.04. The minimum atomic E-state index is -4.39. The van der Waals surface area contributed by atoms with Crippen LogP contribution in [0, 0.1) is 6.92 Å². The maximum atomic E-state index is 12.6. The van der Waals surface area contributed by atoms with E-state index in [0.29, 0.717) is 0 Å². The van der Waals surface area contributed by atoms with Crippen LogP contribution in [-0.2, 0) is 10.0 Å². The second-order valence-corrected chi connectivity index (χ2v) is 7.43. The molecule has 0 unspecified atom stereocenters. The van der Waals surface area contributed by atoms with Crippen molar-refractivity contribution in [2.75, 3.05) is 12.4 Å². The molecule has 142 valence electrons. The Morgan fingerprint density at radius 1 is 1.19 bits per heavy atom. The van der Waals surface area contributed by atoms with Crippen molar-refractivity contribution in [2.45, 2.75) is 11.9 Å². The van der Waals surface area contributed by atoms with Crippen molar-refractivity contribution in [3.8, 4) is 6.01 Å². The minimum Gasteiger partial charge on any atom is -0.467 e. The number of fused-ring (bicyclic) bond motifs is 1. The molecule has 0 bridgehead atoms. The average molecular weight is 432 g/mol. The lowest BCUT2D eigenvalue weighted by atomic mass is 10.5. The number of hydrogen-bond donors (Lipinski definition) is 2. The van der Waals surface area contributed by atoms with Crippen LogP contribution in [0.4, 0.5) is 10.7 Å². The number of nitrogens with zero attached hydrogens (tertiary/aromatic N) is 5. The summed E-state index contributed by atoms with van der Waals surface area (Å²) in [5, 5.41) is 1.67. The maximum Gasteiger partial charge on any atom is 0.335 e. The summed E-state index contributed by atoms with van der Waals surface area (Å²) in [5.41, 5.74) is 0.239. The van der Waals surface area contributed by atoms with E-state index in [-0.39, 0.29) is 33.6 Å². The van der Waals surface area contributed by atoms with E-state index in [9.17, 15) is 13.2 Å². The van der Waals surface area contributed by atoms with Gasteiger partial charge in [0.05, 0.1) is 12.1 Å². The number of nitrogens with one attached hydrogen (secondary N) is 2. The van der Waals surface area contributed by atoms with Crippen molar-refractivity contribution in [3.05, 3.63) is 34.3 Å². The number of aryl methyl sites for hydroxylation is 1. The number of pyridine rings is 1. The van der Waals surface area contributed by atoms with Crippen LogP contribution in [0.15, 0.2) is 23.4 Å². The number of rotatable bonds is 4. The van der Waals surface area contributed by atoms with Crippen molar-refractivity contribution >= 4 is 50.9 Å². The fourth-order valence-electron chi connectivity index (χ4n) is 2.11. The van der Waals surface area contributed by atoms with E-state index < -0.39 is 21.1 Å². The molecule has 2 amide bonds. The molecule has 0 saturated heterocycles. The molecule has 2 N–H and O–H groups in total. The first-order valence-electron chi connectivity index (χ1n) is 7.13. The average Bonchev–Trinajstić information content (AvgIpc) is 2.89. The van der Waals surface area contributed by atoms with Gasteiger partial charge in [-0.3, -0.25) is 9.72 Å². The van der Waals surface area contributed by atoms with E-state index in [1.165, 1.54) is 25.4 Å². The molecular formula is C13H11Cl2N7O4S. The first-order chi connectivity index (χ1) is 12.7. The molecule has 0 spiro atoms. The summed E-state index contributed by atoms with van der Waals surface area (Å²) in [7, 11) is -3.06. The van der Waals surface area contributed by atoms with Gasteiger partial charge in [0.2, 0.25) is 5.95 Å². The molecule has 27 heavy (non-hydrogen) atoms. The second kappa shape index (κ2) is 7.13. The third-order valence-corrected chi connectivity index (χ3v) is 5.07. The number of carbonyl (C=O) groups excluding carboxylic acids is 1. The number of imidazole rings is 1. The van der Waals surface area contributed by atoms with Gasteiger partial charge in [-0.25, -0.2) is 14.5 Å². The summed E-state index contributed by atoms with van der Waals surface area (Å²) in [6.07, 6.45) is 1.31. The molecule has 0 aliphatic heterocycles. The number of aromatic nitrogens is 5. The topological polar surface area (TPSA) is 140 Å². The molecule has 3 aromatic heterocycles. The van der Waals surface area contributed by atoms with Crippen molar-refractivity contribution < 1.29 is 17.9 Å². The highest BCUT2D eigenvalue weighted by molar-refractivity contribution is 7.90. The largest absolute Gasteiger partial charge is 0.467 e. The molecule has 3 aromatic rings. The number of anilines is 1. The van der Waals surface area contributed by atoms with Gasteiger partial charge in [0.15, 0.2) is 10.2 Å². The number of hydrogen-bond acceptors (Lipinski definition) is 8. The van der Waals surface area contributed by atoms with Crippen LogP contribution in [0.3, 0.4) is 0 Å². The van der Waals surface area contributed by atoms with Crippen LogP contribution in [0.5, 0.6) is 6.01 Å². The van der Waals surface area contributed by atoms with Crippen molar-refractivity contribution in [1.29, 1.82) is 0 Å². The predicted molar refractivity (Wildman–Crippen MR) is 95.7 cm³/mol. The number of methoxy groups -OCH3 is 1. The Morgan fingerprint density at radius 3 is 2.63 bits per heavy atom. The summed E-state index contributed by atoms with van der Waals surface area (Å²) >= 11 is 11.8.